The van der Waals surface area contributed by atoms with Gasteiger partial charge in [-0.15, -0.1) is 11.3 Å². The molecule has 0 radical (unpaired) electrons. The maximum Gasteiger partial charge on any atom is 0.222 e. The van der Waals surface area contributed by atoms with E-state index >= 15 is 0 Å². The number of aryl methyl sites for hydroxylation is 1. The second kappa shape index (κ2) is 5.23. The van der Waals surface area contributed by atoms with Gasteiger partial charge < -0.3 is 5.32 Å². The zero-order valence-electron chi connectivity index (χ0n) is 9.77. The molecular weight excluding hydrogens is 237 g/mol. The van der Waals surface area contributed by atoms with Crippen molar-refractivity contribution in [3.63, 3.8) is 0 Å². The third-order valence-corrected chi connectivity index (χ3v) is 3.32. The van der Waals surface area contributed by atoms with Crippen LogP contribution in [0.5, 0.6) is 0 Å². The van der Waals surface area contributed by atoms with Gasteiger partial charge >= 0.3 is 0 Å². The quantitative estimate of drug-likeness (QED) is 0.907. The summed E-state index contributed by atoms with van der Waals surface area (Å²) in [6.07, 6.45) is 3.24. The van der Waals surface area contributed by atoms with Crippen LogP contribution in [-0.2, 0) is 6.42 Å². The van der Waals surface area contributed by atoms with E-state index in [9.17, 15) is 4.39 Å². The van der Waals surface area contributed by atoms with Gasteiger partial charge in [0, 0.05) is 22.2 Å². The minimum absolute atomic E-state index is 0.221. The molecule has 0 saturated heterocycles. The number of nitrogens with one attached hydrogen (secondary N) is 1. The summed E-state index contributed by atoms with van der Waals surface area (Å²) in [5, 5.41) is 3.14. The van der Waals surface area contributed by atoms with E-state index in [2.05, 4.69) is 41.3 Å². The van der Waals surface area contributed by atoms with Crippen LogP contribution in [0.3, 0.4) is 0 Å². The summed E-state index contributed by atoms with van der Waals surface area (Å²) in [5.41, 5.74) is 0. The summed E-state index contributed by atoms with van der Waals surface area (Å²) in [5.74, 6) is 0.0456. The maximum absolute atomic E-state index is 12.6. The highest BCUT2D eigenvalue weighted by Gasteiger charge is 2.06. The maximum atomic E-state index is 12.6. The molecule has 90 valence electrons. The van der Waals surface area contributed by atoms with Crippen LogP contribution in [0.4, 0.5) is 10.3 Å². The Morgan fingerprint density at radius 3 is 2.65 bits per heavy atom. The molecule has 2 aromatic heterocycles. The Morgan fingerprint density at radius 1 is 1.35 bits per heavy atom. The fraction of sp³-hybridized carbons (Fsp3) is 0.333. The van der Waals surface area contributed by atoms with Crippen LogP contribution in [-0.4, -0.2) is 16.0 Å². The first kappa shape index (κ1) is 12.0. The second-order valence-corrected chi connectivity index (χ2v) is 5.36. The third kappa shape index (κ3) is 3.49. The first-order valence-corrected chi connectivity index (χ1v) is 6.24. The van der Waals surface area contributed by atoms with E-state index in [4.69, 9.17) is 0 Å². The Balaban J connectivity index is 1.93. The van der Waals surface area contributed by atoms with Gasteiger partial charge in [0.25, 0.3) is 0 Å². The zero-order chi connectivity index (χ0) is 12.3. The van der Waals surface area contributed by atoms with Gasteiger partial charge in [0.2, 0.25) is 5.95 Å². The summed E-state index contributed by atoms with van der Waals surface area (Å²) >= 11 is 1.79. The van der Waals surface area contributed by atoms with E-state index in [-0.39, 0.29) is 6.04 Å². The van der Waals surface area contributed by atoms with E-state index in [1.54, 1.807) is 11.3 Å². The smallest absolute Gasteiger partial charge is 0.222 e. The van der Waals surface area contributed by atoms with Crippen molar-refractivity contribution >= 4 is 17.3 Å². The molecular formula is C12H14FN3S. The van der Waals surface area contributed by atoms with Crippen molar-refractivity contribution in [2.75, 3.05) is 5.32 Å². The Labute approximate surface area is 104 Å². The average Bonchev–Trinajstić information content (AvgIpc) is 2.67. The van der Waals surface area contributed by atoms with Gasteiger partial charge in [0.05, 0.1) is 12.4 Å². The summed E-state index contributed by atoms with van der Waals surface area (Å²) in [6.45, 7) is 4.15. The highest BCUT2D eigenvalue weighted by atomic mass is 32.1. The standard InChI is InChI=1S/C12H14FN3S/c1-8(5-11-4-3-9(2)17-11)16-12-14-6-10(13)7-15-12/h3-4,6-8H,5H2,1-2H3,(H,14,15,16). The Bertz CT molecular complexity index is 481. The molecule has 0 bridgehead atoms. The van der Waals surface area contributed by atoms with Crippen LogP contribution in [0.25, 0.3) is 0 Å². The molecule has 1 unspecified atom stereocenters. The van der Waals surface area contributed by atoms with Crippen molar-refractivity contribution in [1.29, 1.82) is 0 Å². The highest BCUT2D eigenvalue weighted by Crippen LogP contribution is 2.17. The normalized spacial score (nSPS) is 12.4. The van der Waals surface area contributed by atoms with Gasteiger partial charge in [0.15, 0.2) is 5.82 Å². The Kier molecular flexibility index (Phi) is 3.68. The first-order valence-electron chi connectivity index (χ1n) is 5.43. The number of halogens is 1. The van der Waals surface area contributed by atoms with Crippen LogP contribution in [0.15, 0.2) is 24.5 Å². The number of rotatable bonds is 4. The van der Waals surface area contributed by atoms with Gasteiger partial charge in [0.1, 0.15) is 0 Å². The fourth-order valence-corrected chi connectivity index (χ4v) is 2.57. The molecule has 2 aromatic rings. The number of hydrogen-bond acceptors (Lipinski definition) is 4. The summed E-state index contributed by atoms with van der Waals surface area (Å²) < 4.78 is 12.6. The number of anilines is 1. The van der Waals surface area contributed by atoms with Crippen molar-refractivity contribution in [2.45, 2.75) is 26.3 Å². The van der Waals surface area contributed by atoms with Crippen molar-refractivity contribution < 1.29 is 4.39 Å². The van der Waals surface area contributed by atoms with Gasteiger partial charge in [-0.2, -0.15) is 0 Å². The number of hydrogen-bond donors (Lipinski definition) is 1. The first-order chi connectivity index (χ1) is 8.13. The van der Waals surface area contributed by atoms with Gasteiger partial charge in [-0.05, 0) is 26.0 Å². The number of nitrogens with zero attached hydrogens (tertiary/aromatic N) is 2. The van der Waals surface area contributed by atoms with E-state index < -0.39 is 5.82 Å². The molecule has 3 nitrogen and oxygen atoms in total. The third-order valence-electron chi connectivity index (χ3n) is 2.30. The van der Waals surface area contributed by atoms with Gasteiger partial charge in [-0.25, -0.2) is 14.4 Å². The molecule has 2 heterocycles. The van der Waals surface area contributed by atoms with Crippen LogP contribution in [0.2, 0.25) is 0 Å². The molecule has 0 aliphatic rings. The average molecular weight is 251 g/mol. The predicted molar refractivity (Wildman–Crippen MR) is 67.8 cm³/mol. The summed E-state index contributed by atoms with van der Waals surface area (Å²) in [7, 11) is 0. The SMILES string of the molecule is Cc1ccc(CC(C)Nc2ncc(F)cn2)s1. The lowest BCUT2D eigenvalue weighted by Gasteiger charge is -2.12. The molecule has 1 atom stereocenters. The molecule has 2 rings (SSSR count). The molecule has 0 aliphatic heterocycles. The van der Waals surface area contributed by atoms with E-state index in [1.807, 2.05) is 0 Å². The van der Waals surface area contributed by atoms with Crippen molar-refractivity contribution in [2.24, 2.45) is 0 Å². The van der Waals surface area contributed by atoms with Gasteiger partial charge in [-0.1, -0.05) is 0 Å². The molecule has 1 N–H and O–H groups in total. The molecule has 0 aliphatic carbocycles. The second-order valence-electron chi connectivity index (χ2n) is 3.99. The lowest BCUT2D eigenvalue weighted by atomic mass is 10.2. The minimum atomic E-state index is -0.419. The molecule has 0 spiro atoms. The minimum Gasteiger partial charge on any atom is -0.351 e. The topological polar surface area (TPSA) is 37.8 Å². The van der Waals surface area contributed by atoms with Crippen molar-refractivity contribution in [3.8, 4) is 0 Å². The van der Waals surface area contributed by atoms with Crippen LogP contribution >= 0.6 is 11.3 Å². The molecule has 0 amide bonds. The molecule has 17 heavy (non-hydrogen) atoms. The molecule has 0 fully saturated rings. The Morgan fingerprint density at radius 2 is 2.06 bits per heavy atom. The number of thiophene rings is 1. The zero-order valence-corrected chi connectivity index (χ0v) is 10.6. The molecule has 0 saturated carbocycles. The Hall–Kier alpha value is -1.49. The van der Waals surface area contributed by atoms with E-state index in [0.717, 1.165) is 18.8 Å². The largest absolute Gasteiger partial charge is 0.351 e. The van der Waals surface area contributed by atoms with Crippen molar-refractivity contribution in [1.82, 2.24) is 9.97 Å². The fourth-order valence-electron chi connectivity index (χ4n) is 1.55. The molecule has 5 heteroatoms. The summed E-state index contributed by atoms with van der Waals surface area (Å²) in [6, 6.07) is 4.46. The van der Waals surface area contributed by atoms with E-state index in [0.29, 0.717) is 5.95 Å². The van der Waals surface area contributed by atoms with Crippen molar-refractivity contribution in [3.05, 3.63) is 40.1 Å². The number of aromatic nitrogens is 2. The predicted octanol–water partition coefficient (Wildman–Crippen LogP) is 3.03. The van der Waals surface area contributed by atoms with Gasteiger partial charge in [-0.3, -0.25) is 0 Å². The molecule has 0 aromatic carbocycles. The van der Waals surface area contributed by atoms with Crippen LogP contribution in [0, 0.1) is 12.7 Å². The lowest BCUT2D eigenvalue weighted by Crippen LogP contribution is -2.19. The van der Waals surface area contributed by atoms with Crippen LogP contribution in [0.1, 0.15) is 16.7 Å². The summed E-state index contributed by atoms with van der Waals surface area (Å²) in [4.78, 5) is 10.4. The lowest BCUT2D eigenvalue weighted by molar-refractivity contribution is 0.613. The monoisotopic (exact) mass is 251 g/mol. The van der Waals surface area contributed by atoms with Crippen LogP contribution < -0.4 is 5.32 Å². The van der Waals surface area contributed by atoms with E-state index in [1.165, 1.54) is 9.75 Å². The highest BCUT2D eigenvalue weighted by molar-refractivity contribution is 7.11.